The van der Waals surface area contributed by atoms with Crippen LogP contribution in [0.15, 0.2) is 0 Å². The van der Waals surface area contributed by atoms with Crippen LogP contribution in [0.1, 0.15) is 71.1 Å². The molecule has 3 fully saturated rings. The average Bonchev–Trinajstić information content (AvgIpc) is 2.91. The van der Waals surface area contributed by atoms with Gasteiger partial charge in [-0.3, -0.25) is 14.5 Å². The van der Waals surface area contributed by atoms with Gasteiger partial charge >= 0.3 is 6.03 Å². The van der Waals surface area contributed by atoms with Crippen LogP contribution in [0.5, 0.6) is 0 Å². The zero-order chi connectivity index (χ0) is 20.0. The van der Waals surface area contributed by atoms with E-state index in [1.54, 1.807) is 0 Å². The average molecular weight is 393 g/mol. The van der Waals surface area contributed by atoms with E-state index in [2.05, 4.69) is 22.5 Å². The van der Waals surface area contributed by atoms with E-state index in [0.717, 1.165) is 57.4 Å². The number of nitrogens with zero attached hydrogens (tertiary/aromatic N) is 2. The molecule has 0 aromatic carbocycles. The first-order chi connectivity index (χ1) is 13.5. The molecule has 1 saturated carbocycles. The zero-order valence-electron chi connectivity index (χ0n) is 17.3. The fourth-order valence-corrected chi connectivity index (χ4v) is 4.65. The van der Waals surface area contributed by atoms with Gasteiger partial charge in [0.2, 0.25) is 5.91 Å². The van der Waals surface area contributed by atoms with Crippen molar-refractivity contribution in [2.24, 2.45) is 5.92 Å². The third-order valence-corrected chi connectivity index (χ3v) is 6.62. The van der Waals surface area contributed by atoms with Gasteiger partial charge in [-0.2, -0.15) is 0 Å². The van der Waals surface area contributed by atoms with Crippen LogP contribution in [0, 0.1) is 5.92 Å². The Morgan fingerprint density at radius 3 is 2.54 bits per heavy atom. The highest BCUT2D eigenvalue weighted by Gasteiger charge is 2.50. The second-order valence-electron chi connectivity index (χ2n) is 8.86. The third kappa shape index (κ3) is 5.25. The van der Waals surface area contributed by atoms with E-state index < -0.39 is 5.54 Å². The number of imide groups is 1. The molecule has 2 aliphatic heterocycles. The lowest BCUT2D eigenvalue weighted by molar-refractivity contribution is -0.132. The number of carbonyl (C=O) groups excluding carboxylic acids is 3. The summed E-state index contributed by atoms with van der Waals surface area (Å²) < 4.78 is 0. The van der Waals surface area contributed by atoms with Gasteiger partial charge in [-0.15, -0.1) is 0 Å². The molecule has 2 N–H and O–H groups in total. The summed E-state index contributed by atoms with van der Waals surface area (Å²) in [4.78, 5) is 40.7. The Kier molecular flexibility index (Phi) is 7.32. The van der Waals surface area contributed by atoms with Crippen LogP contribution in [0.3, 0.4) is 0 Å². The quantitative estimate of drug-likeness (QED) is 0.490. The molecule has 7 nitrogen and oxygen atoms in total. The van der Waals surface area contributed by atoms with E-state index >= 15 is 0 Å². The lowest BCUT2D eigenvalue weighted by Crippen LogP contribution is -2.48. The number of carbonyl (C=O) groups is 3. The molecule has 3 aliphatic rings. The van der Waals surface area contributed by atoms with Gasteiger partial charge in [-0.05, 0) is 64.1 Å². The van der Waals surface area contributed by atoms with E-state index in [9.17, 15) is 14.4 Å². The van der Waals surface area contributed by atoms with Crippen molar-refractivity contribution >= 4 is 17.8 Å². The van der Waals surface area contributed by atoms with Crippen LogP contribution in [0.2, 0.25) is 0 Å². The minimum Gasteiger partial charge on any atom is -0.356 e. The lowest BCUT2D eigenvalue weighted by atomic mass is 9.82. The second-order valence-corrected chi connectivity index (χ2v) is 8.86. The lowest BCUT2D eigenvalue weighted by Gasteiger charge is -2.30. The Labute approximate surface area is 168 Å². The first kappa shape index (κ1) is 21.1. The first-order valence-electron chi connectivity index (χ1n) is 11.1. The number of likely N-dealkylation sites (tertiary alicyclic amines) is 1. The van der Waals surface area contributed by atoms with Gasteiger partial charge < -0.3 is 15.5 Å². The van der Waals surface area contributed by atoms with Crippen molar-refractivity contribution in [1.82, 2.24) is 20.4 Å². The maximum absolute atomic E-state index is 12.7. The molecule has 2 saturated heterocycles. The van der Waals surface area contributed by atoms with Gasteiger partial charge in [-0.1, -0.05) is 26.2 Å². The molecule has 0 atom stereocenters. The number of urea groups is 1. The molecule has 7 heteroatoms. The van der Waals surface area contributed by atoms with Crippen LogP contribution in [0.4, 0.5) is 4.79 Å². The molecule has 158 valence electrons. The largest absolute Gasteiger partial charge is 0.356 e. The SMILES string of the molecule is CC1CCN(CCCCNC(=O)CCN2C(=O)NC3(CCCCC3)C2=O)CC1. The minimum absolute atomic E-state index is 0.0861. The normalized spacial score (nSPS) is 23.2. The molecule has 4 amide bonds. The van der Waals surface area contributed by atoms with Gasteiger partial charge in [0.1, 0.15) is 5.54 Å². The summed E-state index contributed by atoms with van der Waals surface area (Å²) in [6.45, 7) is 6.65. The van der Waals surface area contributed by atoms with E-state index in [-0.39, 0.29) is 30.8 Å². The molecular weight excluding hydrogens is 356 g/mol. The standard InChI is InChI=1S/C21H36N4O3/c1-17-7-14-24(15-8-17)13-6-5-12-22-18(26)9-16-25-19(27)21(23-20(25)28)10-3-2-4-11-21/h17H,2-16H2,1H3,(H,22,26)(H,23,28). The highest BCUT2D eigenvalue weighted by molar-refractivity contribution is 6.07. The summed E-state index contributed by atoms with van der Waals surface area (Å²) in [5, 5.41) is 5.81. The molecular formula is C21H36N4O3. The van der Waals surface area contributed by atoms with Crippen LogP contribution >= 0.6 is 0 Å². The summed E-state index contributed by atoms with van der Waals surface area (Å²) in [6, 6.07) is -0.337. The van der Waals surface area contributed by atoms with Crippen molar-refractivity contribution in [3.8, 4) is 0 Å². The monoisotopic (exact) mass is 392 g/mol. The summed E-state index contributed by atoms with van der Waals surface area (Å²) >= 11 is 0. The van der Waals surface area contributed by atoms with Gasteiger partial charge in [0.15, 0.2) is 0 Å². The maximum Gasteiger partial charge on any atom is 0.325 e. The predicted molar refractivity (Wildman–Crippen MR) is 108 cm³/mol. The summed E-state index contributed by atoms with van der Waals surface area (Å²) in [5.74, 6) is 0.631. The van der Waals surface area contributed by atoms with Gasteiger partial charge in [0.25, 0.3) is 5.91 Å². The predicted octanol–water partition coefficient (Wildman–Crippen LogP) is 2.26. The Morgan fingerprint density at radius 1 is 1.11 bits per heavy atom. The molecule has 3 rings (SSSR count). The summed E-state index contributed by atoms with van der Waals surface area (Å²) in [7, 11) is 0. The fourth-order valence-electron chi connectivity index (χ4n) is 4.65. The van der Waals surface area contributed by atoms with E-state index in [0.29, 0.717) is 6.54 Å². The number of hydrogen-bond donors (Lipinski definition) is 2. The van der Waals surface area contributed by atoms with Crippen molar-refractivity contribution in [3.63, 3.8) is 0 Å². The molecule has 28 heavy (non-hydrogen) atoms. The molecule has 0 unspecified atom stereocenters. The number of amides is 4. The Balaban J connectivity index is 1.29. The second kappa shape index (κ2) is 9.72. The molecule has 1 spiro atoms. The minimum atomic E-state index is -0.696. The first-order valence-corrected chi connectivity index (χ1v) is 11.1. The van der Waals surface area contributed by atoms with Crippen LogP contribution in [0.25, 0.3) is 0 Å². The van der Waals surface area contributed by atoms with Gasteiger partial charge in [0, 0.05) is 19.5 Å². The molecule has 0 aromatic rings. The topological polar surface area (TPSA) is 81.8 Å². The third-order valence-electron chi connectivity index (χ3n) is 6.62. The van der Waals surface area contributed by atoms with Crippen molar-refractivity contribution in [2.75, 3.05) is 32.7 Å². The van der Waals surface area contributed by atoms with Crippen LogP contribution in [-0.4, -0.2) is 65.9 Å². The van der Waals surface area contributed by atoms with Crippen molar-refractivity contribution in [1.29, 1.82) is 0 Å². The smallest absolute Gasteiger partial charge is 0.325 e. The van der Waals surface area contributed by atoms with E-state index in [1.165, 1.54) is 30.8 Å². The molecule has 1 aliphatic carbocycles. The van der Waals surface area contributed by atoms with Crippen molar-refractivity contribution < 1.29 is 14.4 Å². The Hall–Kier alpha value is -1.63. The maximum atomic E-state index is 12.7. The van der Waals surface area contributed by atoms with Crippen LogP contribution in [-0.2, 0) is 9.59 Å². The highest BCUT2D eigenvalue weighted by atomic mass is 16.2. The van der Waals surface area contributed by atoms with Crippen molar-refractivity contribution in [2.45, 2.75) is 76.7 Å². The van der Waals surface area contributed by atoms with E-state index in [4.69, 9.17) is 0 Å². The van der Waals surface area contributed by atoms with Crippen molar-refractivity contribution in [3.05, 3.63) is 0 Å². The summed E-state index contributed by atoms with van der Waals surface area (Å²) in [5.41, 5.74) is -0.696. The molecule has 0 radical (unpaired) electrons. The summed E-state index contributed by atoms with van der Waals surface area (Å²) in [6.07, 6.45) is 9.30. The number of nitrogens with one attached hydrogen (secondary N) is 2. The number of hydrogen-bond acceptors (Lipinski definition) is 4. The molecule has 2 heterocycles. The Morgan fingerprint density at radius 2 is 1.82 bits per heavy atom. The van der Waals surface area contributed by atoms with Gasteiger partial charge in [-0.25, -0.2) is 4.79 Å². The molecule has 0 aromatic heterocycles. The highest BCUT2D eigenvalue weighted by Crippen LogP contribution is 2.33. The fraction of sp³-hybridized carbons (Fsp3) is 0.857. The van der Waals surface area contributed by atoms with E-state index in [1.807, 2.05) is 0 Å². The number of unbranched alkanes of at least 4 members (excludes halogenated alkanes) is 1. The number of rotatable bonds is 8. The van der Waals surface area contributed by atoms with Gasteiger partial charge in [0.05, 0.1) is 0 Å². The molecule has 0 bridgehead atoms. The zero-order valence-corrected chi connectivity index (χ0v) is 17.3. The number of piperidine rings is 1. The van der Waals surface area contributed by atoms with Crippen LogP contribution < -0.4 is 10.6 Å². The Bertz CT molecular complexity index is 566.